The first-order chi connectivity index (χ1) is 11.8. The summed E-state index contributed by atoms with van der Waals surface area (Å²) in [5.74, 6) is 1.84. The molecule has 0 aromatic heterocycles. The second-order valence-corrected chi connectivity index (χ2v) is 8.12. The molecule has 6 nitrogen and oxygen atoms in total. The molecule has 0 aliphatic heterocycles. The van der Waals surface area contributed by atoms with Crippen molar-refractivity contribution < 1.29 is 22.6 Å². The van der Waals surface area contributed by atoms with Gasteiger partial charge in [-0.05, 0) is 65.9 Å². The van der Waals surface area contributed by atoms with E-state index in [1.165, 1.54) is 6.07 Å². The second-order valence-electron chi connectivity index (χ2n) is 5.25. The van der Waals surface area contributed by atoms with Crippen molar-refractivity contribution in [3.05, 3.63) is 45.5 Å². The Morgan fingerprint density at radius 1 is 0.960 bits per heavy atom. The molecule has 8 heteroatoms. The van der Waals surface area contributed by atoms with E-state index in [0.717, 1.165) is 3.57 Å². The Kier molecular flexibility index (Phi) is 6.53. The molecule has 2 rings (SSSR count). The van der Waals surface area contributed by atoms with Gasteiger partial charge >= 0.3 is 0 Å². The van der Waals surface area contributed by atoms with Crippen LogP contribution in [0.3, 0.4) is 0 Å². The molecular formula is C17H20INO5S. The van der Waals surface area contributed by atoms with Gasteiger partial charge in [0.15, 0.2) is 0 Å². The van der Waals surface area contributed by atoms with Crippen LogP contribution in [0, 0.1) is 3.57 Å². The molecule has 136 valence electrons. The Hall–Kier alpha value is -1.52. The zero-order valence-electron chi connectivity index (χ0n) is 14.4. The van der Waals surface area contributed by atoms with Crippen LogP contribution in [0.5, 0.6) is 17.2 Å². The summed E-state index contributed by atoms with van der Waals surface area (Å²) < 4.78 is 44.5. The Morgan fingerprint density at radius 3 is 2.16 bits per heavy atom. The highest BCUT2D eigenvalue weighted by molar-refractivity contribution is 14.1. The van der Waals surface area contributed by atoms with Gasteiger partial charge in [-0.25, -0.2) is 13.1 Å². The molecule has 0 fully saturated rings. The molecule has 0 aliphatic rings. The van der Waals surface area contributed by atoms with Crippen molar-refractivity contribution in [2.24, 2.45) is 0 Å². The van der Waals surface area contributed by atoms with Crippen LogP contribution in [0.2, 0.25) is 0 Å². The predicted molar refractivity (Wildman–Crippen MR) is 104 cm³/mol. The van der Waals surface area contributed by atoms with Crippen LogP contribution in [-0.2, 0) is 10.0 Å². The van der Waals surface area contributed by atoms with Crippen molar-refractivity contribution >= 4 is 32.6 Å². The maximum absolute atomic E-state index is 12.7. The monoisotopic (exact) mass is 477 g/mol. The smallest absolute Gasteiger partial charge is 0.241 e. The number of nitrogens with one attached hydrogen (secondary N) is 1. The van der Waals surface area contributed by atoms with Gasteiger partial charge in [0.05, 0.1) is 29.8 Å². The van der Waals surface area contributed by atoms with Gasteiger partial charge in [0, 0.05) is 11.6 Å². The first-order valence-corrected chi connectivity index (χ1v) is 9.96. The number of methoxy groups -OCH3 is 3. The SMILES string of the molecule is COc1ccc(OC)c([C@@H](C)NS(=O)(=O)c2ccc(OC)c(I)c2)c1. The number of benzene rings is 2. The Balaban J connectivity index is 2.33. The van der Waals surface area contributed by atoms with Crippen molar-refractivity contribution in [1.29, 1.82) is 0 Å². The average Bonchev–Trinajstić information content (AvgIpc) is 2.60. The lowest BCUT2D eigenvalue weighted by molar-refractivity contribution is 0.395. The molecule has 1 atom stereocenters. The lowest BCUT2D eigenvalue weighted by atomic mass is 10.1. The fourth-order valence-electron chi connectivity index (χ4n) is 2.36. The van der Waals surface area contributed by atoms with Gasteiger partial charge in [-0.1, -0.05) is 0 Å². The molecule has 0 amide bonds. The lowest BCUT2D eigenvalue weighted by Gasteiger charge is -2.18. The molecule has 0 aliphatic carbocycles. The third-order valence-electron chi connectivity index (χ3n) is 3.67. The fraction of sp³-hybridized carbons (Fsp3) is 0.294. The summed E-state index contributed by atoms with van der Waals surface area (Å²) in [6.45, 7) is 1.75. The molecule has 2 aromatic carbocycles. The zero-order chi connectivity index (χ0) is 18.6. The molecule has 0 radical (unpaired) electrons. The Morgan fingerprint density at radius 2 is 1.60 bits per heavy atom. The molecule has 2 aromatic rings. The van der Waals surface area contributed by atoms with Crippen molar-refractivity contribution in [1.82, 2.24) is 4.72 Å². The van der Waals surface area contributed by atoms with Crippen molar-refractivity contribution in [3.8, 4) is 17.2 Å². The highest BCUT2D eigenvalue weighted by Gasteiger charge is 2.22. The van der Waals surface area contributed by atoms with Crippen molar-refractivity contribution in [2.45, 2.75) is 17.9 Å². The molecule has 1 N–H and O–H groups in total. The van der Waals surface area contributed by atoms with Crippen LogP contribution in [0.4, 0.5) is 0 Å². The molecule has 25 heavy (non-hydrogen) atoms. The standard InChI is InChI=1S/C17H20INO5S/c1-11(14-9-12(22-2)5-7-16(14)23-3)19-25(20,21)13-6-8-17(24-4)15(18)10-13/h5-11,19H,1-4H3/t11-/m1/s1. The molecule has 0 saturated carbocycles. The molecule has 0 unspecified atom stereocenters. The van der Waals surface area contributed by atoms with Gasteiger partial charge in [0.1, 0.15) is 17.2 Å². The normalized spacial score (nSPS) is 12.5. The topological polar surface area (TPSA) is 73.9 Å². The number of hydrogen-bond acceptors (Lipinski definition) is 5. The van der Waals surface area contributed by atoms with Crippen LogP contribution in [0.25, 0.3) is 0 Å². The van der Waals surface area contributed by atoms with Gasteiger partial charge in [0.25, 0.3) is 0 Å². The summed E-state index contributed by atoms with van der Waals surface area (Å²) in [5, 5.41) is 0. The number of sulfonamides is 1. The Labute approximate surface area is 161 Å². The predicted octanol–water partition coefficient (Wildman–Crippen LogP) is 3.36. The van der Waals surface area contributed by atoms with E-state index in [0.29, 0.717) is 22.8 Å². The molecule has 0 spiro atoms. The molecule has 0 saturated heterocycles. The van der Waals surface area contributed by atoms with Crippen LogP contribution >= 0.6 is 22.6 Å². The van der Waals surface area contributed by atoms with E-state index in [1.807, 2.05) is 22.6 Å². The highest BCUT2D eigenvalue weighted by atomic mass is 127. The first-order valence-electron chi connectivity index (χ1n) is 7.40. The van der Waals surface area contributed by atoms with Crippen molar-refractivity contribution in [2.75, 3.05) is 21.3 Å². The lowest BCUT2D eigenvalue weighted by Crippen LogP contribution is -2.27. The maximum atomic E-state index is 12.7. The van der Waals surface area contributed by atoms with Gasteiger partial charge < -0.3 is 14.2 Å². The minimum Gasteiger partial charge on any atom is -0.497 e. The Bertz CT molecular complexity index is 854. The van der Waals surface area contributed by atoms with E-state index < -0.39 is 16.1 Å². The van der Waals surface area contributed by atoms with Gasteiger partial charge in [-0.2, -0.15) is 0 Å². The summed E-state index contributed by atoms with van der Waals surface area (Å²) in [6.07, 6.45) is 0. The van der Waals surface area contributed by atoms with Crippen molar-refractivity contribution in [3.63, 3.8) is 0 Å². The summed E-state index contributed by atoms with van der Waals surface area (Å²) in [4.78, 5) is 0.173. The quantitative estimate of drug-likeness (QED) is 0.620. The minimum atomic E-state index is -3.71. The van der Waals surface area contributed by atoms with Gasteiger partial charge in [-0.15, -0.1) is 0 Å². The number of rotatable bonds is 7. The number of ether oxygens (including phenoxy) is 3. The van der Waals surface area contributed by atoms with Crippen LogP contribution in [0.15, 0.2) is 41.3 Å². The average molecular weight is 477 g/mol. The van der Waals surface area contributed by atoms with Gasteiger partial charge in [-0.3, -0.25) is 0 Å². The van der Waals surface area contributed by atoms with E-state index in [9.17, 15) is 8.42 Å². The third-order valence-corrected chi connectivity index (χ3v) is 6.05. The van der Waals surface area contributed by atoms with E-state index in [-0.39, 0.29) is 4.90 Å². The van der Waals surface area contributed by atoms with Crippen LogP contribution in [0.1, 0.15) is 18.5 Å². The van der Waals surface area contributed by atoms with Crippen LogP contribution < -0.4 is 18.9 Å². The summed E-state index contributed by atoms with van der Waals surface area (Å²) in [5.41, 5.74) is 0.689. The molecular weight excluding hydrogens is 457 g/mol. The first kappa shape index (κ1) is 19.8. The van der Waals surface area contributed by atoms with E-state index in [1.54, 1.807) is 58.6 Å². The fourth-order valence-corrected chi connectivity index (χ4v) is 4.55. The van der Waals surface area contributed by atoms with E-state index >= 15 is 0 Å². The molecule has 0 heterocycles. The van der Waals surface area contributed by atoms with Gasteiger partial charge in [0.2, 0.25) is 10.0 Å². The highest BCUT2D eigenvalue weighted by Crippen LogP contribution is 2.31. The summed E-state index contributed by atoms with van der Waals surface area (Å²) in [7, 11) is 0.932. The zero-order valence-corrected chi connectivity index (χ0v) is 17.3. The van der Waals surface area contributed by atoms with E-state index in [4.69, 9.17) is 14.2 Å². The summed E-state index contributed by atoms with van der Waals surface area (Å²) >= 11 is 2.04. The number of hydrogen-bond donors (Lipinski definition) is 1. The summed E-state index contributed by atoms with van der Waals surface area (Å²) in [6, 6.07) is 9.47. The molecule has 0 bridgehead atoms. The minimum absolute atomic E-state index is 0.173. The second kappa shape index (κ2) is 8.24. The van der Waals surface area contributed by atoms with E-state index in [2.05, 4.69) is 4.72 Å². The third kappa shape index (κ3) is 4.56. The maximum Gasteiger partial charge on any atom is 0.241 e. The number of halogens is 1. The van der Waals surface area contributed by atoms with Crippen LogP contribution in [-0.4, -0.2) is 29.7 Å². The largest absolute Gasteiger partial charge is 0.497 e.